The summed E-state index contributed by atoms with van der Waals surface area (Å²) in [5, 5.41) is 72.6. The highest BCUT2D eigenvalue weighted by atomic mass is 32.2. The van der Waals surface area contributed by atoms with Crippen molar-refractivity contribution in [2.45, 2.75) is 187 Å². The van der Waals surface area contributed by atoms with Crippen LogP contribution < -0.4 is 15.5 Å². The molecule has 0 radical (unpaired) electrons. The summed E-state index contributed by atoms with van der Waals surface area (Å²) in [6.07, 6.45) is -1.93. The van der Waals surface area contributed by atoms with Crippen LogP contribution in [-0.2, 0) is 155 Å². The molecule has 7 heterocycles. The average Bonchev–Trinajstić information content (AvgIpc) is 1.71. The Hall–Kier alpha value is -10.5. The second-order valence-electron chi connectivity index (χ2n) is 38.6. The van der Waals surface area contributed by atoms with Gasteiger partial charge in [-0.15, -0.1) is 5.10 Å². The Labute approximate surface area is 869 Å². The Bertz CT molecular complexity index is 5660. The summed E-state index contributed by atoms with van der Waals surface area (Å²) < 4.78 is 124. The van der Waals surface area contributed by atoms with E-state index in [1.165, 1.54) is 29.1 Å². The number of carboxylic acids is 2. The molecule has 44 nitrogen and oxygen atoms in total. The fourth-order valence-corrected chi connectivity index (χ4v) is 21.0. The zero-order valence-electron chi connectivity index (χ0n) is 85.6. The summed E-state index contributed by atoms with van der Waals surface area (Å²) in [7, 11) is -3.04. The third-order valence-corrected chi connectivity index (χ3v) is 28.5. The molecular formula is C103H142N12O32S2. The number of anilines is 2. The number of rotatable bonds is 68. The largest absolute Gasteiger partial charge is 0.479 e. The van der Waals surface area contributed by atoms with Gasteiger partial charge in [-0.05, 0) is 147 Å². The van der Waals surface area contributed by atoms with Crippen LogP contribution in [-0.4, -0.2) is 369 Å². The smallest absolute Gasteiger partial charge is 0.410 e. The number of imide groups is 1. The van der Waals surface area contributed by atoms with E-state index in [9.17, 15) is 81.7 Å². The molecule has 818 valence electrons. The minimum absolute atomic E-state index is 0.00975. The van der Waals surface area contributed by atoms with Gasteiger partial charge in [-0.25, -0.2) is 29.0 Å². The first-order valence-corrected chi connectivity index (χ1v) is 53.1. The van der Waals surface area contributed by atoms with E-state index >= 15 is 0 Å². The predicted octanol–water partition coefficient (Wildman–Crippen LogP) is 7.09. The number of aliphatic carboxylic acids is 1. The molecule has 2 aliphatic carbocycles. The van der Waals surface area contributed by atoms with Gasteiger partial charge in [0, 0.05) is 99.6 Å². The molecule has 1 saturated heterocycles. The number of carboxylic acid groups (broad SMARTS) is 2. The van der Waals surface area contributed by atoms with E-state index in [1.807, 2.05) is 52.9 Å². The summed E-state index contributed by atoms with van der Waals surface area (Å²) >= 11 is 1.38. The molecule has 12 atom stereocenters. The maximum Gasteiger partial charge on any atom is 0.410 e. The lowest BCUT2D eigenvalue weighted by molar-refractivity contribution is -0.228. The molecule has 0 spiro atoms. The molecule has 3 aromatic carbocycles. The van der Waals surface area contributed by atoms with Crippen LogP contribution in [0.15, 0.2) is 97.3 Å². The normalized spacial score (nSPS) is 20.4. The van der Waals surface area contributed by atoms with Crippen molar-refractivity contribution in [2.24, 2.45) is 29.1 Å². The lowest BCUT2D eigenvalue weighted by Gasteiger charge is -2.55. The second kappa shape index (κ2) is 58.3. The number of nitrogens with zero attached hydrogens (tertiary/aromatic N) is 10. The zero-order chi connectivity index (χ0) is 107. The van der Waals surface area contributed by atoms with Crippen molar-refractivity contribution >= 4 is 95.8 Å². The van der Waals surface area contributed by atoms with Crippen LogP contribution in [0.1, 0.15) is 152 Å². The number of carbonyl (C=O) groups is 9. The van der Waals surface area contributed by atoms with Gasteiger partial charge in [0.05, 0.1) is 217 Å². The first-order chi connectivity index (χ1) is 71.6. The number of hydrogen-bond acceptors (Lipinski definition) is 36. The van der Waals surface area contributed by atoms with Gasteiger partial charge < -0.3 is 112 Å². The van der Waals surface area contributed by atoms with Gasteiger partial charge in [0.25, 0.3) is 27.8 Å². The lowest BCUT2D eigenvalue weighted by Crippen LogP contribution is -2.59. The molecule has 8 N–H and O–H groups in total. The number of benzene rings is 3. The first-order valence-electron chi connectivity index (χ1n) is 50.6. The number of methoxy groups -OCH3 is 1. The number of aromatic carboxylic acids is 1. The quantitative estimate of drug-likeness (QED) is 0.0107. The number of fused-ring (bicyclic) bond motifs is 4. The fourth-order valence-electron chi connectivity index (χ4n) is 19.7. The Morgan fingerprint density at radius 2 is 1.30 bits per heavy atom. The molecule has 5 aliphatic rings. The lowest BCUT2D eigenvalue weighted by atomic mass is 9.55. The van der Waals surface area contributed by atoms with Crippen molar-refractivity contribution in [3.63, 3.8) is 0 Å². The number of pyridine rings is 1. The van der Waals surface area contributed by atoms with Gasteiger partial charge in [-0.1, -0.05) is 86.7 Å². The maximum atomic E-state index is 14.5. The molecule has 3 aliphatic heterocycles. The highest BCUT2D eigenvalue weighted by molar-refractivity contribution is 7.85. The minimum atomic E-state index is -4.66. The number of aliphatic hydroxyl groups excluding tert-OH is 3. The Kier molecular flexibility index (Phi) is 45.8. The number of amides is 5. The molecule has 4 unspecified atom stereocenters. The molecule has 149 heavy (non-hydrogen) atoms. The number of nitrogens with one attached hydrogen (secondary N) is 2. The number of para-hydroxylation sites is 1. The average molecular weight is 2120 g/mol. The molecule has 2 saturated carbocycles. The van der Waals surface area contributed by atoms with Crippen LogP contribution in [0.25, 0.3) is 21.3 Å². The fraction of sp³-hybridized carbons (Fsp3) is 0.612. The molecule has 2 bridgehead atoms. The predicted molar refractivity (Wildman–Crippen MR) is 539 cm³/mol. The molecule has 12 rings (SSSR count). The van der Waals surface area contributed by atoms with Crippen LogP contribution in [0, 0.1) is 36.0 Å². The number of ketones is 2. The summed E-state index contributed by atoms with van der Waals surface area (Å²) in [5.74, 6) is -7.90. The van der Waals surface area contributed by atoms with Gasteiger partial charge in [0.1, 0.15) is 42.2 Å². The molecular weight excluding hydrogens is 1980 g/mol. The van der Waals surface area contributed by atoms with Gasteiger partial charge in [-0.2, -0.15) is 13.5 Å². The van der Waals surface area contributed by atoms with E-state index in [0.29, 0.717) is 227 Å². The van der Waals surface area contributed by atoms with E-state index in [-0.39, 0.29) is 99.7 Å². The second-order valence-corrected chi connectivity index (χ2v) is 41.2. The highest BCUT2D eigenvalue weighted by Gasteiger charge is 2.53. The van der Waals surface area contributed by atoms with Crippen LogP contribution in [0.3, 0.4) is 0 Å². The molecule has 5 amide bonds. The molecule has 46 heteroatoms. The van der Waals surface area contributed by atoms with Crippen molar-refractivity contribution in [3.05, 3.63) is 148 Å². The van der Waals surface area contributed by atoms with Crippen molar-refractivity contribution < 1.29 is 153 Å². The zero-order valence-corrected chi connectivity index (χ0v) is 87.2. The topological polar surface area (TPSA) is 556 Å². The third kappa shape index (κ3) is 35.5. The maximum absolute atomic E-state index is 14.5. The third-order valence-electron chi connectivity index (χ3n) is 26.8. The summed E-state index contributed by atoms with van der Waals surface area (Å²) in [6, 6.07) is 19.1. The SMILES string of the molecule is COCCOCCOCCOCCOCCOCCOCCOCCOCCOCCOCCOCCn1cc([C@H](CC(=O)C[C@H](C(=O)N[C@@H](C)C(=O)Cc2ccc(COC(=O)N(CCOC34CC(C)CC(C)(CC(Cn5ncc(-c6ccc(N7CCc8cccc(C(=O)Nc9nc%10ccccc%10s9)c8C7)nc6C(=O)O)c5C)C3)C4)CCS(=O)(=O)O)c(CC[C@@H]3O[C@H](C(=O)O)[C@@H](O)[C@H](O)[C@H]3O)c2)C(C)C)N2C(=O)C=CC2=O)nn1. The first kappa shape index (κ1) is 117. The van der Waals surface area contributed by atoms with Crippen LogP contribution >= 0.6 is 11.3 Å². The van der Waals surface area contributed by atoms with Gasteiger partial charge >= 0.3 is 18.0 Å². The summed E-state index contributed by atoms with van der Waals surface area (Å²) in [4.78, 5) is 137. The van der Waals surface area contributed by atoms with Crippen molar-refractivity contribution in [3.8, 4) is 11.1 Å². The van der Waals surface area contributed by atoms with Crippen LogP contribution in [0.4, 0.5) is 15.7 Å². The standard InChI is InChI=1S/C103H142N12O32S2/c1-67(2)79(55-76(116)56-84(115-89(118)21-22-90(115)119)83-64-113(110-109-83)26-28-134-32-33-136-36-37-138-40-41-140-44-45-142-48-49-144-51-50-143-47-46-141-43-42-139-39-38-137-35-34-135-31-30-133-7)97(124)105-69(4)85(117)54-71-15-16-75(74(53-71)17-19-86-92(120)93(121)94(122)95(147-86)99(127)128)65-145-101(129)111(27-52-149(130,131)132)25-29-146-103-58-68(3)57-102(6,66-103)59-72(60-103)62-114-70(5)80(61-104-114)77-18-20-88(107-91(77)98(125)126)112-24-23-73-11-10-12-78(81(73)63-112)96(123)108-100-106-82-13-8-9-14-87(82)148-100/h8-16,18,20-22,53,61,64,67-69,72,79,84,86,92-95,120-122H,17,19,23-52,54-60,62-63,65-66H2,1-7H3,(H,105,124)(H,125,126)(H,127,128)(H,106,108,123)(H,130,131,132)/t68?,69-,72?,79-,84-,86-,92-,93+,94-,95-,102?,103?/m0/s1. The van der Waals surface area contributed by atoms with Gasteiger partial charge in [0.15, 0.2) is 22.7 Å². The number of hydrogen-bond donors (Lipinski definition) is 8. The van der Waals surface area contributed by atoms with E-state index in [4.69, 9.17) is 81.1 Å². The van der Waals surface area contributed by atoms with Crippen molar-refractivity contribution in [2.75, 3.05) is 201 Å². The highest BCUT2D eigenvalue weighted by Crippen LogP contribution is 2.56. The number of Topliss-reactive ketones (excluding diaryl/α,β-unsaturated/α-hetero) is 2. The van der Waals surface area contributed by atoms with E-state index in [1.54, 1.807) is 63.6 Å². The minimum Gasteiger partial charge on any atom is -0.479 e. The van der Waals surface area contributed by atoms with Gasteiger partial charge in [-0.3, -0.25) is 48.2 Å². The van der Waals surface area contributed by atoms with Gasteiger partial charge in [0.2, 0.25) is 5.91 Å². The Morgan fingerprint density at radius 3 is 1.89 bits per heavy atom. The number of aryl methyl sites for hydroxylation is 1. The number of thiazole rings is 1. The number of carbonyl (C=O) groups excluding carboxylic acids is 7. The summed E-state index contributed by atoms with van der Waals surface area (Å²) in [5.41, 5.74) is 4.82. The molecule has 4 aromatic heterocycles. The van der Waals surface area contributed by atoms with E-state index in [2.05, 4.69) is 39.8 Å². The van der Waals surface area contributed by atoms with E-state index in [0.717, 1.165) is 56.1 Å². The number of ether oxygens (including phenoxy) is 15. The molecule has 3 fully saturated rings. The van der Waals surface area contributed by atoms with Crippen molar-refractivity contribution in [1.82, 2.24) is 49.9 Å². The number of aromatic nitrogens is 7. The number of aliphatic hydroxyl groups is 3. The summed E-state index contributed by atoms with van der Waals surface area (Å²) in [6.45, 7) is 20.8. The van der Waals surface area contributed by atoms with Crippen LogP contribution in [0.5, 0.6) is 0 Å². The van der Waals surface area contributed by atoms with Crippen molar-refractivity contribution in [1.29, 1.82) is 0 Å². The van der Waals surface area contributed by atoms with Crippen LogP contribution in [0.2, 0.25) is 0 Å². The monoisotopic (exact) mass is 2120 g/mol. The Balaban J connectivity index is 0.588. The Morgan fingerprint density at radius 1 is 0.678 bits per heavy atom. The van der Waals surface area contributed by atoms with E-state index < -0.39 is 143 Å². The molecule has 7 aromatic rings.